The van der Waals surface area contributed by atoms with E-state index >= 15 is 0 Å². The van der Waals surface area contributed by atoms with Gasteiger partial charge in [-0.3, -0.25) is 19.7 Å². The predicted octanol–water partition coefficient (Wildman–Crippen LogP) is 0.294. The van der Waals surface area contributed by atoms with Gasteiger partial charge in [-0.05, 0) is 12.5 Å². The van der Waals surface area contributed by atoms with E-state index in [1.807, 2.05) is 0 Å². The number of carbonyl (C=O) groups excluding carboxylic acids is 1. The molecule has 0 saturated carbocycles. The van der Waals surface area contributed by atoms with Crippen LogP contribution in [0.1, 0.15) is 12.0 Å². The van der Waals surface area contributed by atoms with Crippen LogP contribution in [0.25, 0.3) is 0 Å². The highest BCUT2D eigenvalue weighted by molar-refractivity contribution is 6.00. The van der Waals surface area contributed by atoms with Gasteiger partial charge < -0.3 is 20.5 Å². The van der Waals surface area contributed by atoms with E-state index in [0.717, 1.165) is 0 Å². The molecule has 9 nitrogen and oxygen atoms in total. The number of nitro benzene ring substituents is 1. The van der Waals surface area contributed by atoms with Crippen LogP contribution in [0, 0.1) is 10.1 Å². The standard InChI is InChI=1S/C13H15N3O6/c1-22-10-3-2-9(16(20)21)12-7(10)4-5-15(12)11(17)6-8(14)13(18)19/h2-3,8H,4-6,14H2,1H3,(H,18,19)/t8-/m0/s1. The number of carboxylic acid groups (broad SMARTS) is 1. The lowest BCUT2D eigenvalue weighted by Gasteiger charge is -2.18. The van der Waals surface area contributed by atoms with Crippen LogP contribution in [0.5, 0.6) is 5.75 Å². The lowest BCUT2D eigenvalue weighted by molar-refractivity contribution is -0.384. The van der Waals surface area contributed by atoms with Gasteiger partial charge in [0.1, 0.15) is 17.5 Å². The highest BCUT2D eigenvalue weighted by atomic mass is 16.6. The van der Waals surface area contributed by atoms with Gasteiger partial charge in [-0.15, -0.1) is 0 Å². The number of hydrogen-bond donors (Lipinski definition) is 2. The Balaban J connectivity index is 2.40. The van der Waals surface area contributed by atoms with Gasteiger partial charge >= 0.3 is 5.97 Å². The Kier molecular flexibility index (Phi) is 4.27. The molecular formula is C13H15N3O6. The molecule has 1 aliphatic rings. The number of hydrogen-bond acceptors (Lipinski definition) is 6. The molecule has 1 aliphatic heterocycles. The largest absolute Gasteiger partial charge is 0.496 e. The van der Waals surface area contributed by atoms with Crippen molar-refractivity contribution in [2.45, 2.75) is 18.9 Å². The number of aliphatic carboxylic acids is 1. The molecule has 1 amide bonds. The summed E-state index contributed by atoms with van der Waals surface area (Å²) in [4.78, 5) is 34.8. The van der Waals surface area contributed by atoms with Crippen LogP contribution in [0.3, 0.4) is 0 Å². The van der Waals surface area contributed by atoms with Crippen molar-refractivity contribution in [2.75, 3.05) is 18.6 Å². The van der Waals surface area contributed by atoms with E-state index in [1.165, 1.54) is 24.1 Å². The van der Waals surface area contributed by atoms with Crippen molar-refractivity contribution in [3.05, 3.63) is 27.8 Å². The Bertz CT molecular complexity index is 645. The number of nitrogens with zero attached hydrogens (tertiary/aromatic N) is 2. The second-order valence-electron chi connectivity index (χ2n) is 4.82. The van der Waals surface area contributed by atoms with Crippen molar-refractivity contribution in [3.63, 3.8) is 0 Å². The van der Waals surface area contributed by atoms with Crippen molar-refractivity contribution in [1.82, 2.24) is 0 Å². The second kappa shape index (κ2) is 5.98. The van der Waals surface area contributed by atoms with Crippen LogP contribution in [0.2, 0.25) is 0 Å². The Labute approximate surface area is 125 Å². The molecule has 0 aliphatic carbocycles. The molecule has 0 saturated heterocycles. The molecule has 0 radical (unpaired) electrons. The van der Waals surface area contributed by atoms with Crippen LogP contribution in [0.4, 0.5) is 11.4 Å². The molecule has 0 unspecified atom stereocenters. The summed E-state index contributed by atoms with van der Waals surface area (Å²) in [6.45, 7) is 0.224. The number of anilines is 1. The van der Waals surface area contributed by atoms with E-state index in [2.05, 4.69) is 0 Å². The van der Waals surface area contributed by atoms with Gasteiger partial charge in [0.05, 0.1) is 18.5 Å². The smallest absolute Gasteiger partial charge is 0.321 e. The van der Waals surface area contributed by atoms with Crippen molar-refractivity contribution in [1.29, 1.82) is 0 Å². The lowest BCUT2D eigenvalue weighted by Crippen LogP contribution is -2.39. The molecule has 22 heavy (non-hydrogen) atoms. The number of benzene rings is 1. The summed E-state index contributed by atoms with van der Waals surface area (Å²) in [5, 5.41) is 19.9. The predicted molar refractivity (Wildman–Crippen MR) is 75.9 cm³/mol. The zero-order valence-electron chi connectivity index (χ0n) is 11.8. The maximum atomic E-state index is 12.2. The summed E-state index contributed by atoms with van der Waals surface area (Å²) in [5.41, 5.74) is 5.86. The van der Waals surface area contributed by atoms with E-state index in [4.69, 9.17) is 15.6 Å². The Morgan fingerprint density at radius 1 is 1.55 bits per heavy atom. The molecule has 1 aromatic carbocycles. The molecule has 0 aromatic heterocycles. The summed E-state index contributed by atoms with van der Waals surface area (Å²) in [6, 6.07) is 1.40. The van der Waals surface area contributed by atoms with Crippen molar-refractivity contribution < 1.29 is 24.4 Å². The minimum Gasteiger partial charge on any atom is -0.496 e. The number of nitro groups is 1. The van der Waals surface area contributed by atoms with Gasteiger partial charge in [-0.25, -0.2) is 0 Å². The zero-order chi connectivity index (χ0) is 16.4. The number of methoxy groups -OCH3 is 1. The van der Waals surface area contributed by atoms with Crippen LogP contribution >= 0.6 is 0 Å². The molecule has 0 spiro atoms. The fourth-order valence-electron chi connectivity index (χ4n) is 2.46. The van der Waals surface area contributed by atoms with E-state index in [1.54, 1.807) is 0 Å². The molecule has 0 bridgehead atoms. The van der Waals surface area contributed by atoms with Gasteiger partial charge in [0.2, 0.25) is 5.91 Å². The summed E-state index contributed by atoms with van der Waals surface area (Å²) < 4.78 is 5.16. The Morgan fingerprint density at radius 3 is 2.77 bits per heavy atom. The Hall–Kier alpha value is -2.68. The summed E-state index contributed by atoms with van der Waals surface area (Å²) in [5.74, 6) is -1.41. The molecule has 1 atom stereocenters. The average molecular weight is 309 g/mol. The normalized spacial score (nSPS) is 14.4. The summed E-state index contributed by atoms with van der Waals surface area (Å²) in [6.07, 6.45) is -0.0304. The number of fused-ring (bicyclic) bond motifs is 1. The molecule has 2 rings (SSSR count). The molecule has 1 aromatic rings. The van der Waals surface area contributed by atoms with Crippen LogP contribution in [-0.2, 0) is 16.0 Å². The SMILES string of the molecule is COc1ccc([N+](=O)[O-])c2c1CCN2C(=O)C[C@H](N)C(=O)O. The second-order valence-corrected chi connectivity index (χ2v) is 4.82. The fraction of sp³-hybridized carbons (Fsp3) is 0.385. The third-order valence-corrected chi connectivity index (χ3v) is 3.50. The molecule has 9 heteroatoms. The molecule has 0 fully saturated rings. The first kappa shape index (κ1) is 15.7. The first-order valence-corrected chi connectivity index (χ1v) is 6.49. The van der Waals surface area contributed by atoms with Gasteiger partial charge in [-0.2, -0.15) is 0 Å². The minimum absolute atomic E-state index is 0.159. The van der Waals surface area contributed by atoms with Crippen LogP contribution < -0.4 is 15.4 Å². The average Bonchev–Trinajstić information content (AvgIpc) is 2.90. The lowest BCUT2D eigenvalue weighted by atomic mass is 10.1. The van der Waals surface area contributed by atoms with Crippen LogP contribution in [-0.4, -0.2) is 41.6 Å². The Morgan fingerprint density at radius 2 is 2.23 bits per heavy atom. The van der Waals surface area contributed by atoms with Crippen LogP contribution in [0.15, 0.2) is 12.1 Å². The first-order chi connectivity index (χ1) is 10.4. The van der Waals surface area contributed by atoms with E-state index < -0.39 is 29.3 Å². The molecule has 3 N–H and O–H groups in total. The van der Waals surface area contributed by atoms with E-state index in [9.17, 15) is 19.7 Å². The number of carbonyl (C=O) groups is 2. The third-order valence-electron chi connectivity index (χ3n) is 3.50. The van der Waals surface area contributed by atoms with E-state index in [0.29, 0.717) is 17.7 Å². The van der Waals surface area contributed by atoms with Crippen molar-refractivity contribution in [3.8, 4) is 5.75 Å². The highest BCUT2D eigenvalue weighted by Gasteiger charge is 2.35. The number of ether oxygens (including phenoxy) is 1. The maximum absolute atomic E-state index is 12.2. The summed E-state index contributed by atoms with van der Waals surface area (Å²) in [7, 11) is 1.44. The molecule has 118 valence electrons. The van der Waals surface area contributed by atoms with Gasteiger partial charge in [-0.1, -0.05) is 0 Å². The number of carboxylic acids is 1. The highest BCUT2D eigenvalue weighted by Crippen LogP contribution is 2.42. The number of nitrogens with two attached hydrogens (primary N) is 1. The fourth-order valence-corrected chi connectivity index (χ4v) is 2.46. The third kappa shape index (κ3) is 2.70. The topological polar surface area (TPSA) is 136 Å². The van der Waals surface area contributed by atoms with Gasteiger partial charge in [0, 0.05) is 18.2 Å². The monoisotopic (exact) mass is 309 g/mol. The van der Waals surface area contributed by atoms with Crippen molar-refractivity contribution in [2.24, 2.45) is 5.73 Å². The quantitative estimate of drug-likeness (QED) is 0.589. The van der Waals surface area contributed by atoms with Gasteiger partial charge in [0.25, 0.3) is 5.69 Å². The zero-order valence-corrected chi connectivity index (χ0v) is 11.8. The van der Waals surface area contributed by atoms with Crippen molar-refractivity contribution >= 4 is 23.3 Å². The maximum Gasteiger partial charge on any atom is 0.321 e. The molecular weight excluding hydrogens is 294 g/mol. The molecule has 1 heterocycles. The summed E-state index contributed by atoms with van der Waals surface area (Å²) >= 11 is 0. The van der Waals surface area contributed by atoms with E-state index in [-0.39, 0.29) is 17.9 Å². The van der Waals surface area contributed by atoms with Gasteiger partial charge in [0.15, 0.2) is 0 Å². The number of rotatable bonds is 5. The first-order valence-electron chi connectivity index (χ1n) is 6.49. The minimum atomic E-state index is -1.35. The number of amides is 1.